The molecule has 3 N–H and O–H groups in total. The molecule has 0 saturated carbocycles. The highest BCUT2D eigenvalue weighted by molar-refractivity contribution is 14.0. The average molecular weight is 420 g/mol. The maximum Gasteiger partial charge on any atom is 0.193 e. The van der Waals surface area contributed by atoms with Crippen LogP contribution in [0.5, 0.6) is 0 Å². The zero-order valence-electron chi connectivity index (χ0n) is 12.3. The van der Waals surface area contributed by atoms with E-state index in [2.05, 4.69) is 20.5 Å². The Bertz CT molecular complexity index is 755. The Hall–Kier alpha value is -2.42. The number of para-hydroxylation sites is 2. The number of halogens is 1. The van der Waals surface area contributed by atoms with Gasteiger partial charge >= 0.3 is 0 Å². The fourth-order valence-electron chi connectivity index (χ4n) is 2.04. The van der Waals surface area contributed by atoms with Gasteiger partial charge in [0, 0.05) is 11.4 Å². The van der Waals surface area contributed by atoms with Gasteiger partial charge in [-0.05, 0) is 24.3 Å². The van der Waals surface area contributed by atoms with Crippen molar-refractivity contribution < 1.29 is 0 Å². The smallest absolute Gasteiger partial charge is 0.193 e. The van der Waals surface area contributed by atoms with Crippen LogP contribution in [0.2, 0.25) is 0 Å². The van der Waals surface area contributed by atoms with Crippen molar-refractivity contribution >= 4 is 35.6 Å². The number of rotatable bonds is 4. The van der Waals surface area contributed by atoms with E-state index in [1.807, 2.05) is 65.2 Å². The van der Waals surface area contributed by atoms with E-state index < -0.39 is 0 Å². The van der Waals surface area contributed by atoms with Crippen LogP contribution in [0.1, 0.15) is 5.82 Å². The molecule has 3 rings (SSSR count). The first-order valence-corrected chi connectivity index (χ1v) is 6.89. The molecule has 3 aromatic rings. The van der Waals surface area contributed by atoms with Crippen molar-refractivity contribution in [1.82, 2.24) is 14.8 Å². The molecule has 0 aliphatic rings. The van der Waals surface area contributed by atoms with Gasteiger partial charge in [-0.3, -0.25) is 4.57 Å². The van der Waals surface area contributed by atoms with Crippen molar-refractivity contribution in [2.24, 2.45) is 10.7 Å². The topological polar surface area (TPSA) is 81.1 Å². The Labute approximate surface area is 151 Å². The first-order valence-electron chi connectivity index (χ1n) is 6.89. The molecule has 0 atom stereocenters. The highest BCUT2D eigenvalue weighted by Gasteiger charge is 2.05. The van der Waals surface area contributed by atoms with Gasteiger partial charge in [-0.15, -0.1) is 34.2 Å². The van der Waals surface area contributed by atoms with E-state index in [-0.39, 0.29) is 24.0 Å². The highest BCUT2D eigenvalue weighted by Crippen LogP contribution is 2.10. The summed E-state index contributed by atoms with van der Waals surface area (Å²) >= 11 is 0. The predicted molar refractivity (Wildman–Crippen MR) is 102 cm³/mol. The number of benzene rings is 2. The van der Waals surface area contributed by atoms with Crippen LogP contribution in [-0.4, -0.2) is 20.7 Å². The van der Waals surface area contributed by atoms with Crippen LogP contribution in [0.3, 0.4) is 0 Å². The molecule has 0 fully saturated rings. The van der Waals surface area contributed by atoms with Crippen molar-refractivity contribution in [2.45, 2.75) is 6.54 Å². The molecule has 1 aromatic heterocycles. The summed E-state index contributed by atoms with van der Waals surface area (Å²) in [6, 6.07) is 19.5. The summed E-state index contributed by atoms with van der Waals surface area (Å²) in [6.07, 6.45) is 1.67. The lowest BCUT2D eigenvalue weighted by Crippen LogP contribution is -2.22. The summed E-state index contributed by atoms with van der Waals surface area (Å²) in [5.41, 5.74) is 7.78. The molecule has 0 saturated heterocycles. The van der Waals surface area contributed by atoms with E-state index >= 15 is 0 Å². The third kappa shape index (κ3) is 4.52. The number of hydrogen-bond acceptors (Lipinski definition) is 3. The van der Waals surface area contributed by atoms with E-state index in [0.29, 0.717) is 12.5 Å². The number of nitrogens with two attached hydrogens (primary N) is 1. The van der Waals surface area contributed by atoms with Crippen molar-refractivity contribution in [2.75, 3.05) is 5.32 Å². The first-order chi connectivity index (χ1) is 10.8. The number of guanidine groups is 1. The van der Waals surface area contributed by atoms with E-state index in [0.717, 1.165) is 17.2 Å². The molecule has 118 valence electrons. The zero-order chi connectivity index (χ0) is 15.2. The van der Waals surface area contributed by atoms with E-state index in [9.17, 15) is 0 Å². The molecular formula is C16H17IN6. The van der Waals surface area contributed by atoms with Crippen LogP contribution in [-0.2, 0) is 6.54 Å². The van der Waals surface area contributed by atoms with Gasteiger partial charge in [0.15, 0.2) is 11.8 Å². The summed E-state index contributed by atoms with van der Waals surface area (Å²) < 4.78 is 1.89. The molecule has 0 aliphatic heterocycles. The largest absolute Gasteiger partial charge is 0.370 e. The number of hydrogen-bond donors (Lipinski definition) is 2. The number of aliphatic imine (C=N–C) groups is 1. The fourth-order valence-corrected chi connectivity index (χ4v) is 2.04. The van der Waals surface area contributed by atoms with Crippen molar-refractivity contribution in [3.8, 4) is 5.69 Å². The molecule has 2 aromatic carbocycles. The van der Waals surface area contributed by atoms with Crippen molar-refractivity contribution in [3.63, 3.8) is 0 Å². The van der Waals surface area contributed by atoms with Crippen LogP contribution in [0.25, 0.3) is 5.69 Å². The third-order valence-electron chi connectivity index (χ3n) is 3.09. The quantitative estimate of drug-likeness (QED) is 0.387. The minimum Gasteiger partial charge on any atom is -0.370 e. The Morgan fingerprint density at radius 3 is 2.39 bits per heavy atom. The van der Waals surface area contributed by atoms with Crippen LogP contribution in [0.15, 0.2) is 72.0 Å². The fraction of sp³-hybridized carbons (Fsp3) is 0.0625. The third-order valence-corrected chi connectivity index (χ3v) is 3.09. The summed E-state index contributed by atoms with van der Waals surface area (Å²) in [7, 11) is 0. The van der Waals surface area contributed by atoms with E-state index in [1.54, 1.807) is 6.33 Å². The number of nitrogens with zero attached hydrogens (tertiary/aromatic N) is 4. The lowest BCUT2D eigenvalue weighted by atomic mass is 10.3. The molecule has 23 heavy (non-hydrogen) atoms. The second-order valence-electron chi connectivity index (χ2n) is 4.65. The van der Waals surface area contributed by atoms with Gasteiger partial charge < -0.3 is 11.1 Å². The molecule has 0 amide bonds. The molecule has 0 bridgehead atoms. The number of anilines is 1. The summed E-state index contributed by atoms with van der Waals surface area (Å²) in [6.45, 7) is 0.348. The lowest BCUT2D eigenvalue weighted by molar-refractivity contribution is 0.859. The van der Waals surface area contributed by atoms with Crippen molar-refractivity contribution in [1.29, 1.82) is 0 Å². The lowest BCUT2D eigenvalue weighted by Gasteiger charge is -2.06. The molecule has 6 nitrogen and oxygen atoms in total. The Morgan fingerprint density at radius 1 is 1.04 bits per heavy atom. The first kappa shape index (κ1) is 16.9. The van der Waals surface area contributed by atoms with Gasteiger partial charge in [0.25, 0.3) is 0 Å². The summed E-state index contributed by atoms with van der Waals surface area (Å²) in [4.78, 5) is 4.31. The van der Waals surface area contributed by atoms with Gasteiger partial charge in [-0.25, -0.2) is 4.99 Å². The summed E-state index contributed by atoms with van der Waals surface area (Å²) in [5.74, 6) is 1.07. The second-order valence-corrected chi connectivity index (χ2v) is 4.65. The predicted octanol–water partition coefficient (Wildman–Crippen LogP) is 2.81. The Balaban J connectivity index is 0.00000192. The van der Waals surface area contributed by atoms with Gasteiger partial charge in [0.05, 0.1) is 0 Å². The van der Waals surface area contributed by atoms with E-state index in [1.165, 1.54) is 0 Å². The maximum atomic E-state index is 5.89. The van der Waals surface area contributed by atoms with Gasteiger partial charge in [0.2, 0.25) is 0 Å². The standard InChI is InChI=1S/C16H16N6.HI/c17-16(20-13-7-3-1-4-8-13)18-11-15-21-19-12-22(15)14-9-5-2-6-10-14;/h1-10,12H,11H2,(H3,17,18,20);1H. The highest BCUT2D eigenvalue weighted by atomic mass is 127. The molecule has 7 heteroatoms. The minimum absolute atomic E-state index is 0. The van der Waals surface area contributed by atoms with Crippen LogP contribution in [0, 0.1) is 0 Å². The normalized spacial score (nSPS) is 10.9. The minimum atomic E-state index is 0. The van der Waals surface area contributed by atoms with E-state index in [4.69, 9.17) is 5.73 Å². The van der Waals surface area contributed by atoms with Gasteiger partial charge in [-0.1, -0.05) is 36.4 Å². The van der Waals surface area contributed by atoms with Gasteiger partial charge in [0.1, 0.15) is 12.9 Å². The number of aromatic nitrogens is 3. The van der Waals surface area contributed by atoms with Gasteiger partial charge in [-0.2, -0.15) is 0 Å². The maximum absolute atomic E-state index is 5.89. The molecule has 0 unspecified atom stereocenters. The molecule has 0 spiro atoms. The Kier molecular flexibility index (Phi) is 6.10. The van der Waals surface area contributed by atoms with Crippen LogP contribution < -0.4 is 11.1 Å². The second kappa shape index (κ2) is 8.28. The van der Waals surface area contributed by atoms with Crippen LogP contribution >= 0.6 is 24.0 Å². The average Bonchev–Trinajstić information content (AvgIpc) is 3.03. The van der Waals surface area contributed by atoms with Crippen molar-refractivity contribution in [3.05, 3.63) is 72.8 Å². The zero-order valence-corrected chi connectivity index (χ0v) is 14.7. The van der Waals surface area contributed by atoms with Crippen LogP contribution in [0.4, 0.5) is 5.69 Å². The monoisotopic (exact) mass is 420 g/mol. The molecule has 0 aliphatic carbocycles. The molecular weight excluding hydrogens is 403 g/mol. The number of nitrogens with one attached hydrogen (secondary N) is 1. The SMILES string of the molecule is I.NC(=NCc1nncn1-c1ccccc1)Nc1ccccc1. The Morgan fingerprint density at radius 2 is 1.70 bits per heavy atom. The molecule has 0 radical (unpaired) electrons. The summed E-state index contributed by atoms with van der Waals surface area (Å²) in [5, 5.41) is 11.1. The molecule has 1 heterocycles.